The molecule has 1 N–H and O–H groups in total. The molecule has 9 heteroatoms. The Morgan fingerprint density at radius 2 is 1.85 bits per heavy atom. The number of ether oxygens (including phenoxy) is 1. The van der Waals surface area contributed by atoms with Gasteiger partial charge in [0.05, 0.1) is 18.2 Å². The Hall–Kier alpha value is -2.94. The first-order chi connectivity index (χ1) is 15.7. The number of carbonyl (C=O) groups is 3. The number of hydrogen-bond acceptors (Lipinski definition) is 5. The van der Waals surface area contributed by atoms with E-state index in [1.165, 1.54) is 11.0 Å². The average molecular weight is 461 g/mol. The third kappa shape index (κ3) is 5.71. The van der Waals surface area contributed by atoms with Crippen LogP contribution in [0.25, 0.3) is 0 Å². The molecule has 0 radical (unpaired) electrons. The fraction of sp³-hybridized carbons (Fsp3) is 0.542. The lowest BCUT2D eigenvalue weighted by atomic mass is 9.94. The monoisotopic (exact) mass is 460 g/mol. The molecule has 1 aromatic rings. The van der Waals surface area contributed by atoms with E-state index in [0.717, 1.165) is 0 Å². The van der Waals surface area contributed by atoms with Gasteiger partial charge in [0.25, 0.3) is 0 Å². The number of hydrogen-bond donors (Lipinski definition) is 1. The van der Waals surface area contributed by atoms with Crippen LogP contribution in [0.15, 0.2) is 35.5 Å². The Labute approximate surface area is 194 Å². The molecule has 0 aromatic heterocycles. The van der Waals surface area contributed by atoms with Crippen LogP contribution in [0.2, 0.25) is 0 Å². The van der Waals surface area contributed by atoms with E-state index in [0.29, 0.717) is 50.8 Å². The summed E-state index contributed by atoms with van der Waals surface area (Å²) < 4.78 is 19.9. The van der Waals surface area contributed by atoms with E-state index in [1.807, 2.05) is 18.7 Å². The lowest BCUT2D eigenvalue weighted by molar-refractivity contribution is -0.139. The van der Waals surface area contributed by atoms with Gasteiger partial charge >= 0.3 is 12.0 Å². The predicted molar refractivity (Wildman–Crippen MR) is 122 cm³/mol. The van der Waals surface area contributed by atoms with Crippen molar-refractivity contribution in [2.75, 3.05) is 46.4 Å². The largest absolute Gasteiger partial charge is 0.463 e. The van der Waals surface area contributed by atoms with E-state index >= 15 is 0 Å². The molecule has 180 valence electrons. The van der Waals surface area contributed by atoms with E-state index in [-0.39, 0.29) is 23.7 Å². The van der Waals surface area contributed by atoms with E-state index in [9.17, 15) is 18.8 Å². The standard InChI is InChI=1S/C24H33FN4O4/c1-5-33-23(31)21-19(15-28-10-12-29(13-11-28)20(30)14-16(2)3)27(4)24(32)26-22(21)17-8-6-7-9-18(17)25/h6-9,16,22H,5,10-15H2,1-4H3,(H,26,32). The van der Waals surface area contributed by atoms with Crippen molar-refractivity contribution in [2.45, 2.75) is 33.2 Å². The fourth-order valence-corrected chi connectivity index (χ4v) is 4.19. The van der Waals surface area contributed by atoms with Crippen LogP contribution in [-0.2, 0) is 14.3 Å². The summed E-state index contributed by atoms with van der Waals surface area (Å²) in [6.07, 6.45) is 0.519. The number of halogens is 1. The molecule has 0 bridgehead atoms. The summed E-state index contributed by atoms with van der Waals surface area (Å²) in [6, 6.07) is 4.72. The summed E-state index contributed by atoms with van der Waals surface area (Å²) in [6.45, 7) is 8.62. The number of amides is 3. The average Bonchev–Trinajstić information content (AvgIpc) is 2.77. The molecule has 33 heavy (non-hydrogen) atoms. The van der Waals surface area contributed by atoms with Crippen LogP contribution in [0.3, 0.4) is 0 Å². The summed E-state index contributed by atoms with van der Waals surface area (Å²) in [7, 11) is 1.59. The molecule has 2 heterocycles. The molecule has 8 nitrogen and oxygen atoms in total. The molecule has 3 rings (SSSR count). The maximum atomic E-state index is 14.6. The van der Waals surface area contributed by atoms with Crippen molar-refractivity contribution in [3.8, 4) is 0 Å². The van der Waals surface area contributed by atoms with E-state index in [4.69, 9.17) is 4.74 Å². The summed E-state index contributed by atoms with van der Waals surface area (Å²) in [4.78, 5) is 43.5. The quantitative estimate of drug-likeness (QED) is 0.633. The second-order valence-electron chi connectivity index (χ2n) is 8.80. The molecule has 1 aromatic carbocycles. The number of carbonyl (C=O) groups excluding carboxylic acids is 3. The highest BCUT2D eigenvalue weighted by Crippen LogP contribution is 2.32. The van der Waals surface area contributed by atoms with Gasteiger partial charge in [-0.1, -0.05) is 32.0 Å². The molecule has 2 aliphatic heterocycles. The van der Waals surface area contributed by atoms with Crippen LogP contribution >= 0.6 is 0 Å². The lowest BCUT2D eigenvalue weighted by Gasteiger charge is -2.39. The van der Waals surface area contributed by atoms with Crippen molar-refractivity contribution < 1.29 is 23.5 Å². The zero-order chi connectivity index (χ0) is 24.1. The highest BCUT2D eigenvalue weighted by atomic mass is 19.1. The predicted octanol–water partition coefficient (Wildman–Crippen LogP) is 2.53. The maximum Gasteiger partial charge on any atom is 0.338 e. The zero-order valence-corrected chi connectivity index (χ0v) is 19.8. The van der Waals surface area contributed by atoms with Crippen LogP contribution < -0.4 is 5.32 Å². The first-order valence-corrected chi connectivity index (χ1v) is 11.4. The Morgan fingerprint density at radius 3 is 2.45 bits per heavy atom. The van der Waals surface area contributed by atoms with Gasteiger partial charge in [0.15, 0.2) is 0 Å². The van der Waals surface area contributed by atoms with E-state index in [2.05, 4.69) is 10.2 Å². The minimum absolute atomic E-state index is 0.143. The van der Waals surface area contributed by atoms with Gasteiger partial charge in [-0.05, 0) is 18.9 Å². The number of piperazine rings is 1. The highest BCUT2D eigenvalue weighted by molar-refractivity contribution is 5.95. The summed E-state index contributed by atoms with van der Waals surface area (Å²) in [5, 5.41) is 2.74. The first kappa shape index (κ1) is 24.7. The van der Waals surface area contributed by atoms with Crippen molar-refractivity contribution >= 4 is 17.9 Å². The van der Waals surface area contributed by atoms with Gasteiger partial charge in [-0.2, -0.15) is 0 Å². The van der Waals surface area contributed by atoms with Crippen molar-refractivity contribution in [2.24, 2.45) is 5.92 Å². The number of likely N-dealkylation sites (N-methyl/N-ethyl adjacent to an activating group) is 1. The minimum atomic E-state index is -0.946. The van der Waals surface area contributed by atoms with Gasteiger partial charge in [0.2, 0.25) is 5.91 Å². The Bertz CT molecular complexity index is 925. The van der Waals surface area contributed by atoms with Crippen LogP contribution in [0.5, 0.6) is 0 Å². The van der Waals surface area contributed by atoms with Gasteiger partial charge in [0.1, 0.15) is 5.82 Å². The number of urea groups is 1. The van der Waals surface area contributed by atoms with Crippen molar-refractivity contribution in [3.63, 3.8) is 0 Å². The summed E-state index contributed by atoms with van der Waals surface area (Å²) in [5.74, 6) is -0.647. The molecular weight excluding hydrogens is 427 g/mol. The molecule has 1 unspecified atom stereocenters. The van der Waals surface area contributed by atoms with Gasteiger partial charge in [0, 0.05) is 57.5 Å². The van der Waals surface area contributed by atoms with Gasteiger partial charge in [-0.15, -0.1) is 0 Å². The van der Waals surface area contributed by atoms with Gasteiger partial charge < -0.3 is 15.0 Å². The normalized spacial score (nSPS) is 19.7. The molecular formula is C24H33FN4O4. The van der Waals surface area contributed by atoms with E-state index in [1.54, 1.807) is 32.2 Å². The number of rotatable bonds is 7. The summed E-state index contributed by atoms with van der Waals surface area (Å²) >= 11 is 0. The maximum absolute atomic E-state index is 14.6. The van der Waals surface area contributed by atoms with Crippen LogP contribution in [0.4, 0.5) is 9.18 Å². The highest BCUT2D eigenvalue weighted by Gasteiger charge is 2.38. The van der Waals surface area contributed by atoms with Crippen LogP contribution in [-0.4, -0.2) is 79.0 Å². The van der Waals surface area contributed by atoms with Crippen molar-refractivity contribution in [1.29, 1.82) is 0 Å². The molecule has 0 saturated carbocycles. The smallest absolute Gasteiger partial charge is 0.338 e. The van der Waals surface area contributed by atoms with Crippen LogP contribution in [0.1, 0.15) is 38.8 Å². The number of benzene rings is 1. The topological polar surface area (TPSA) is 82.2 Å². The molecule has 2 aliphatic rings. The van der Waals surface area contributed by atoms with Crippen molar-refractivity contribution in [3.05, 3.63) is 46.9 Å². The Morgan fingerprint density at radius 1 is 1.18 bits per heavy atom. The summed E-state index contributed by atoms with van der Waals surface area (Å²) in [5.41, 5.74) is 0.915. The fourth-order valence-electron chi connectivity index (χ4n) is 4.19. The van der Waals surface area contributed by atoms with Crippen molar-refractivity contribution in [1.82, 2.24) is 20.0 Å². The SMILES string of the molecule is CCOC(=O)C1=C(CN2CCN(C(=O)CC(C)C)CC2)N(C)C(=O)NC1c1ccccc1F. The minimum Gasteiger partial charge on any atom is -0.463 e. The number of nitrogens with one attached hydrogen (secondary N) is 1. The molecule has 3 amide bonds. The lowest BCUT2D eigenvalue weighted by Crippen LogP contribution is -2.53. The zero-order valence-electron chi connectivity index (χ0n) is 19.8. The molecule has 0 aliphatic carbocycles. The third-order valence-electron chi connectivity index (χ3n) is 5.97. The number of nitrogens with zero attached hydrogens (tertiary/aromatic N) is 3. The van der Waals surface area contributed by atoms with Gasteiger partial charge in [-0.25, -0.2) is 14.0 Å². The first-order valence-electron chi connectivity index (χ1n) is 11.4. The molecule has 1 fully saturated rings. The molecule has 1 atom stereocenters. The van der Waals surface area contributed by atoms with Crippen LogP contribution in [0, 0.1) is 11.7 Å². The van der Waals surface area contributed by atoms with Gasteiger partial charge in [-0.3, -0.25) is 14.6 Å². The second-order valence-corrected chi connectivity index (χ2v) is 8.80. The molecule has 1 saturated heterocycles. The Balaban J connectivity index is 1.88. The van der Waals surface area contributed by atoms with E-state index < -0.39 is 23.9 Å². The number of esters is 1. The third-order valence-corrected chi connectivity index (χ3v) is 5.97. The second kappa shape index (κ2) is 10.8. The molecule has 0 spiro atoms. The Kier molecular flexibility index (Phi) is 8.07.